The lowest BCUT2D eigenvalue weighted by Crippen LogP contribution is -2.30. The largest absolute Gasteiger partial charge is 0.462 e. The molecule has 6 heteroatoms. The van der Waals surface area contributed by atoms with E-state index in [2.05, 4.69) is 81.5 Å². The van der Waals surface area contributed by atoms with E-state index >= 15 is 0 Å². The van der Waals surface area contributed by atoms with Crippen LogP contribution in [-0.2, 0) is 28.6 Å². The summed E-state index contributed by atoms with van der Waals surface area (Å²) in [5, 5.41) is 0. The zero-order chi connectivity index (χ0) is 58.5. The van der Waals surface area contributed by atoms with E-state index in [4.69, 9.17) is 14.2 Å². The van der Waals surface area contributed by atoms with Crippen molar-refractivity contribution in [2.75, 3.05) is 13.2 Å². The summed E-state index contributed by atoms with van der Waals surface area (Å²) in [6, 6.07) is 0. The molecule has 0 fully saturated rings. The van der Waals surface area contributed by atoms with Crippen molar-refractivity contribution in [2.45, 2.75) is 386 Å². The third-order valence-corrected chi connectivity index (χ3v) is 16.0. The lowest BCUT2D eigenvalue weighted by Gasteiger charge is -2.18. The average molecular weight is 1130 g/mol. The Labute approximate surface area is 504 Å². The van der Waals surface area contributed by atoms with Gasteiger partial charge in [-0.05, 0) is 77.0 Å². The highest BCUT2D eigenvalue weighted by molar-refractivity contribution is 5.71. The molecule has 0 aromatic heterocycles. The molecule has 0 bridgehead atoms. The van der Waals surface area contributed by atoms with E-state index in [0.717, 1.165) is 103 Å². The van der Waals surface area contributed by atoms with Crippen LogP contribution in [0.5, 0.6) is 0 Å². The number of unbranched alkanes of at least 4 members (excludes halogenated alkanes) is 45. The topological polar surface area (TPSA) is 78.9 Å². The van der Waals surface area contributed by atoms with Crippen LogP contribution in [-0.4, -0.2) is 37.2 Å². The second kappa shape index (κ2) is 69.6. The first-order valence-electron chi connectivity index (χ1n) is 35.8. The molecule has 0 aliphatic rings. The fraction of sp³-hybridized carbons (Fsp3) is 0.827. The van der Waals surface area contributed by atoms with Crippen LogP contribution >= 0.6 is 0 Å². The van der Waals surface area contributed by atoms with E-state index in [0.29, 0.717) is 19.3 Å². The minimum atomic E-state index is -0.790. The Kier molecular flexibility index (Phi) is 67.1. The number of hydrogen-bond donors (Lipinski definition) is 0. The van der Waals surface area contributed by atoms with Crippen molar-refractivity contribution >= 4 is 17.9 Å². The first kappa shape index (κ1) is 78.1. The smallest absolute Gasteiger partial charge is 0.306 e. The molecule has 0 N–H and O–H groups in total. The SMILES string of the molecule is CC/C=C\C/C=C\C/C=C\C/C=C\CCCCCCC(=O)OC(COC(=O)CCCCCCC/C=C\CCCC)COC(=O)CCCCCCCCCCCCCCCCCCCCCCCCCCCCCCCCCCCCC. The molecule has 0 spiro atoms. The van der Waals surface area contributed by atoms with E-state index in [-0.39, 0.29) is 31.1 Å². The van der Waals surface area contributed by atoms with Crippen LogP contribution in [0, 0.1) is 0 Å². The van der Waals surface area contributed by atoms with Gasteiger partial charge in [0.05, 0.1) is 0 Å². The number of carbonyl (C=O) groups is 3. The molecular formula is C75H136O6. The summed E-state index contributed by atoms with van der Waals surface area (Å²) in [7, 11) is 0. The van der Waals surface area contributed by atoms with Crippen LogP contribution in [0.4, 0.5) is 0 Å². The Balaban J connectivity index is 4.05. The number of carbonyl (C=O) groups excluding carboxylic acids is 3. The van der Waals surface area contributed by atoms with Gasteiger partial charge in [0, 0.05) is 19.3 Å². The second-order valence-electron chi connectivity index (χ2n) is 24.1. The van der Waals surface area contributed by atoms with Gasteiger partial charge in [0.1, 0.15) is 13.2 Å². The zero-order valence-corrected chi connectivity index (χ0v) is 54.3. The number of allylic oxidation sites excluding steroid dienone is 10. The summed E-state index contributed by atoms with van der Waals surface area (Å²) >= 11 is 0. The Morgan fingerprint density at radius 1 is 0.259 bits per heavy atom. The van der Waals surface area contributed by atoms with Gasteiger partial charge in [-0.25, -0.2) is 0 Å². The fourth-order valence-corrected chi connectivity index (χ4v) is 10.7. The molecule has 0 saturated carbocycles. The first-order chi connectivity index (χ1) is 40.0. The number of hydrogen-bond acceptors (Lipinski definition) is 6. The summed E-state index contributed by atoms with van der Waals surface area (Å²) in [6.45, 7) is 6.51. The molecule has 0 aromatic carbocycles. The van der Waals surface area contributed by atoms with Crippen molar-refractivity contribution < 1.29 is 28.6 Å². The van der Waals surface area contributed by atoms with Crippen molar-refractivity contribution in [1.82, 2.24) is 0 Å². The predicted octanol–water partition coefficient (Wildman–Crippen LogP) is 24.7. The predicted molar refractivity (Wildman–Crippen MR) is 353 cm³/mol. The zero-order valence-electron chi connectivity index (χ0n) is 54.3. The molecule has 6 nitrogen and oxygen atoms in total. The van der Waals surface area contributed by atoms with Crippen LogP contribution < -0.4 is 0 Å². The van der Waals surface area contributed by atoms with Crippen molar-refractivity contribution in [3.8, 4) is 0 Å². The van der Waals surface area contributed by atoms with Crippen LogP contribution in [0.3, 0.4) is 0 Å². The van der Waals surface area contributed by atoms with Crippen LogP contribution in [0.1, 0.15) is 380 Å². The molecule has 1 unspecified atom stereocenters. The van der Waals surface area contributed by atoms with Crippen molar-refractivity contribution in [3.63, 3.8) is 0 Å². The molecule has 81 heavy (non-hydrogen) atoms. The molecule has 472 valence electrons. The van der Waals surface area contributed by atoms with Gasteiger partial charge in [-0.3, -0.25) is 14.4 Å². The van der Waals surface area contributed by atoms with Crippen molar-refractivity contribution in [2.24, 2.45) is 0 Å². The van der Waals surface area contributed by atoms with Gasteiger partial charge in [-0.1, -0.05) is 345 Å². The highest BCUT2D eigenvalue weighted by atomic mass is 16.6. The molecule has 0 rings (SSSR count). The van der Waals surface area contributed by atoms with Crippen LogP contribution in [0.15, 0.2) is 60.8 Å². The van der Waals surface area contributed by atoms with Crippen molar-refractivity contribution in [3.05, 3.63) is 60.8 Å². The lowest BCUT2D eigenvalue weighted by atomic mass is 10.0. The van der Waals surface area contributed by atoms with Gasteiger partial charge < -0.3 is 14.2 Å². The molecule has 0 amide bonds. The molecule has 0 aliphatic carbocycles. The Morgan fingerprint density at radius 2 is 0.494 bits per heavy atom. The normalized spacial score (nSPS) is 12.4. The van der Waals surface area contributed by atoms with Gasteiger partial charge in [-0.15, -0.1) is 0 Å². The van der Waals surface area contributed by atoms with E-state index in [9.17, 15) is 14.4 Å². The van der Waals surface area contributed by atoms with Crippen LogP contribution in [0.2, 0.25) is 0 Å². The second-order valence-corrected chi connectivity index (χ2v) is 24.1. The quantitative estimate of drug-likeness (QED) is 0.0261. The Hall–Kier alpha value is -2.89. The Morgan fingerprint density at radius 3 is 0.802 bits per heavy atom. The van der Waals surface area contributed by atoms with Gasteiger partial charge in [0.2, 0.25) is 0 Å². The molecule has 0 aliphatic heterocycles. The molecule has 0 heterocycles. The van der Waals surface area contributed by atoms with E-state index in [1.807, 2.05) is 0 Å². The average Bonchev–Trinajstić information content (AvgIpc) is 3.47. The summed E-state index contributed by atoms with van der Waals surface area (Å²) < 4.78 is 16.9. The Bertz CT molecular complexity index is 1440. The summed E-state index contributed by atoms with van der Waals surface area (Å²) in [4.78, 5) is 38.3. The maximum absolute atomic E-state index is 12.9. The van der Waals surface area contributed by atoms with Crippen LogP contribution in [0.25, 0.3) is 0 Å². The molecule has 0 aromatic rings. The molecular weight excluding hydrogens is 997 g/mol. The minimum Gasteiger partial charge on any atom is -0.462 e. The van der Waals surface area contributed by atoms with Crippen molar-refractivity contribution in [1.29, 1.82) is 0 Å². The maximum Gasteiger partial charge on any atom is 0.306 e. The molecule has 0 radical (unpaired) electrons. The van der Waals surface area contributed by atoms with Gasteiger partial charge in [0.25, 0.3) is 0 Å². The van der Waals surface area contributed by atoms with Gasteiger partial charge >= 0.3 is 17.9 Å². The third kappa shape index (κ3) is 67.8. The fourth-order valence-electron chi connectivity index (χ4n) is 10.7. The monoisotopic (exact) mass is 1130 g/mol. The maximum atomic E-state index is 12.9. The molecule has 1 atom stereocenters. The molecule has 0 saturated heterocycles. The van der Waals surface area contributed by atoms with E-state index < -0.39 is 6.10 Å². The summed E-state index contributed by atoms with van der Waals surface area (Å²) in [6.07, 6.45) is 90.1. The van der Waals surface area contributed by atoms with Gasteiger partial charge in [0.15, 0.2) is 6.10 Å². The highest BCUT2D eigenvalue weighted by Crippen LogP contribution is 2.19. The summed E-state index contributed by atoms with van der Waals surface area (Å²) in [5.74, 6) is -0.901. The minimum absolute atomic E-state index is 0.0840. The number of ether oxygens (including phenoxy) is 3. The number of esters is 3. The standard InChI is InChI=1S/C75H136O6/c1-4-7-10-13-16-19-22-24-26-28-29-30-31-32-33-34-35-36-37-38-39-40-41-42-43-44-45-47-48-50-53-56-59-62-65-68-74(77)80-71-72(70-79-73(76)67-64-61-58-55-52-21-18-15-12-9-6-3)81-75(78)69-66-63-60-57-54-51-49-46-27-25-23-20-17-14-11-8-5-2/h8,11,15,17-18,20,25,27,49,51,72H,4-7,9-10,12-14,16,19,21-24,26,28-48,50,52-71H2,1-3H3/b11-8-,18-15-,20-17-,27-25-,51-49-. The summed E-state index contributed by atoms with van der Waals surface area (Å²) in [5.41, 5.74) is 0. The lowest BCUT2D eigenvalue weighted by molar-refractivity contribution is -0.167. The van der Waals surface area contributed by atoms with Gasteiger partial charge in [-0.2, -0.15) is 0 Å². The highest BCUT2D eigenvalue weighted by Gasteiger charge is 2.19. The van der Waals surface area contributed by atoms with E-state index in [1.165, 1.54) is 238 Å². The number of rotatable bonds is 66. The van der Waals surface area contributed by atoms with E-state index in [1.54, 1.807) is 0 Å². The first-order valence-corrected chi connectivity index (χ1v) is 35.8. The third-order valence-electron chi connectivity index (χ3n) is 16.0.